The monoisotopic (exact) mass is 552 g/mol. The Kier molecular flexibility index (Phi) is 6.54. The summed E-state index contributed by atoms with van der Waals surface area (Å²) in [6, 6.07) is 11.5. The first kappa shape index (κ1) is 25.6. The number of aromatic nitrogens is 3. The molecule has 5 rings (SSSR count). The number of allylic oxidation sites excluding steroid dienone is 1. The molecule has 2 N–H and O–H groups in total. The van der Waals surface area contributed by atoms with E-state index in [1.54, 1.807) is 36.4 Å². The zero-order valence-corrected chi connectivity index (χ0v) is 22.0. The Balaban J connectivity index is 1.38. The van der Waals surface area contributed by atoms with Gasteiger partial charge < -0.3 is 10.5 Å². The molecule has 0 spiro atoms. The Hall–Kier alpha value is -4.02. The van der Waals surface area contributed by atoms with Gasteiger partial charge in [-0.1, -0.05) is 29.8 Å². The largest absolute Gasteiger partial charge is 0.437 e. The third kappa shape index (κ3) is 5.05. The van der Waals surface area contributed by atoms with Crippen molar-refractivity contribution in [2.75, 3.05) is 12.0 Å². The van der Waals surface area contributed by atoms with Gasteiger partial charge in [0.1, 0.15) is 17.4 Å². The highest BCUT2D eigenvalue weighted by Gasteiger charge is 2.26. The molecule has 2 aromatic heterocycles. The number of halogens is 2. The zero-order valence-electron chi connectivity index (χ0n) is 20.4. The number of nitrogens with zero attached hydrogens (tertiary/aromatic N) is 3. The topological polar surface area (TPSA) is 117 Å². The highest BCUT2D eigenvalue weighted by atomic mass is 35.5. The molecule has 0 radical (unpaired) electrons. The first-order chi connectivity index (χ1) is 18.0. The summed E-state index contributed by atoms with van der Waals surface area (Å²) in [7, 11) is -3.41. The van der Waals surface area contributed by atoms with Crippen LogP contribution >= 0.6 is 11.6 Å². The van der Waals surface area contributed by atoms with E-state index in [-0.39, 0.29) is 29.1 Å². The Bertz CT molecular complexity index is 1750. The van der Waals surface area contributed by atoms with Crippen LogP contribution in [0.5, 0.6) is 11.6 Å². The number of nitrogens with two attached hydrogens (primary N) is 1. The van der Waals surface area contributed by atoms with Gasteiger partial charge in [-0.25, -0.2) is 22.5 Å². The normalized spacial score (nSPS) is 12.8. The second kappa shape index (κ2) is 9.70. The lowest BCUT2D eigenvalue weighted by molar-refractivity contribution is 0.103. The van der Waals surface area contributed by atoms with Gasteiger partial charge >= 0.3 is 0 Å². The second-order valence-corrected chi connectivity index (χ2v) is 11.6. The van der Waals surface area contributed by atoms with Crippen LogP contribution in [0.4, 0.5) is 10.2 Å². The maximum Gasteiger partial charge on any atom is 0.219 e. The van der Waals surface area contributed by atoms with E-state index in [2.05, 4.69) is 10.1 Å². The lowest BCUT2D eigenvalue weighted by Gasteiger charge is -2.11. The molecular formula is C27H22ClFN4O4S. The van der Waals surface area contributed by atoms with Crippen LogP contribution in [0, 0.1) is 12.7 Å². The van der Waals surface area contributed by atoms with E-state index < -0.39 is 21.4 Å². The fraction of sp³-hybridized carbons (Fsp3) is 0.148. The van der Waals surface area contributed by atoms with Crippen LogP contribution in [0.15, 0.2) is 60.4 Å². The van der Waals surface area contributed by atoms with Gasteiger partial charge in [0.15, 0.2) is 15.6 Å². The van der Waals surface area contributed by atoms with Crippen molar-refractivity contribution in [1.29, 1.82) is 0 Å². The molecule has 0 bridgehead atoms. The standard InChI is InChI=1S/C27H22ClFN4O4S/c1-15-7-25(37-24-6-4-3-5-21(24)28)31-13-23(15)33-27(30)20(12-32-33)26(34)18-8-16-10-19(14-38(2,35)36)22(29)11-17(16)9-18/h3-7,9-13H,8,14,30H2,1-2H3. The van der Waals surface area contributed by atoms with Crippen LogP contribution in [-0.2, 0) is 22.0 Å². The van der Waals surface area contributed by atoms with Gasteiger partial charge in [-0.05, 0) is 47.9 Å². The zero-order chi connectivity index (χ0) is 27.2. The lowest BCUT2D eigenvalue weighted by Crippen LogP contribution is -2.09. The minimum Gasteiger partial charge on any atom is -0.437 e. The number of pyridine rings is 1. The van der Waals surface area contributed by atoms with Gasteiger partial charge in [0.05, 0.1) is 34.4 Å². The summed E-state index contributed by atoms with van der Waals surface area (Å²) in [5, 5.41) is 4.75. The molecule has 0 amide bonds. The average molecular weight is 553 g/mol. The van der Waals surface area contributed by atoms with E-state index in [0.29, 0.717) is 39.0 Å². The molecule has 0 atom stereocenters. The highest BCUT2D eigenvalue weighted by molar-refractivity contribution is 7.89. The molecule has 8 nitrogen and oxygen atoms in total. The Morgan fingerprint density at radius 3 is 2.68 bits per heavy atom. The molecule has 4 aromatic rings. The molecule has 1 aliphatic rings. The molecule has 194 valence electrons. The lowest BCUT2D eigenvalue weighted by atomic mass is 10.0. The van der Waals surface area contributed by atoms with E-state index in [4.69, 9.17) is 22.1 Å². The van der Waals surface area contributed by atoms with E-state index >= 15 is 0 Å². The number of hydrogen-bond acceptors (Lipinski definition) is 7. The van der Waals surface area contributed by atoms with Crippen molar-refractivity contribution in [2.45, 2.75) is 19.1 Å². The number of carbonyl (C=O) groups is 1. The van der Waals surface area contributed by atoms with E-state index in [1.165, 1.54) is 29.2 Å². The smallest absolute Gasteiger partial charge is 0.219 e. The molecule has 2 aromatic carbocycles. The number of Topliss-reactive ketones (excluding diaryl/α,β-unsaturated/α-hetero) is 1. The Labute approximate surface area is 223 Å². The number of fused-ring (bicyclic) bond motifs is 1. The second-order valence-electron chi connectivity index (χ2n) is 9.08. The van der Waals surface area contributed by atoms with Gasteiger partial charge in [-0.15, -0.1) is 0 Å². The molecule has 0 saturated carbocycles. The number of ether oxygens (including phenoxy) is 1. The predicted octanol–water partition coefficient (Wildman–Crippen LogP) is 5.11. The van der Waals surface area contributed by atoms with Crippen molar-refractivity contribution in [2.24, 2.45) is 0 Å². The number of aryl methyl sites for hydroxylation is 1. The molecule has 11 heteroatoms. The minimum absolute atomic E-state index is 0.0746. The highest BCUT2D eigenvalue weighted by Crippen LogP contribution is 2.33. The number of benzene rings is 2. The van der Waals surface area contributed by atoms with Crippen molar-refractivity contribution in [3.63, 3.8) is 0 Å². The number of para-hydroxylation sites is 1. The minimum atomic E-state index is -3.41. The third-order valence-corrected chi connectivity index (χ3v) is 7.26. The summed E-state index contributed by atoms with van der Waals surface area (Å²) in [6.07, 6.45) is 5.78. The van der Waals surface area contributed by atoms with Gasteiger partial charge in [0, 0.05) is 29.9 Å². The van der Waals surface area contributed by atoms with Crippen molar-refractivity contribution >= 4 is 39.1 Å². The number of sulfone groups is 1. The molecule has 0 aliphatic heterocycles. The maximum absolute atomic E-state index is 14.5. The van der Waals surface area contributed by atoms with Gasteiger partial charge in [-0.3, -0.25) is 4.79 Å². The summed E-state index contributed by atoms with van der Waals surface area (Å²) in [6.45, 7) is 1.83. The van der Waals surface area contributed by atoms with Crippen molar-refractivity contribution < 1.29 is 22.3 Å². The van der Waals surface area contributed by atoms with E-state index in [1.807, 2.05) is 6.92 Å². The number of anilines is 1. The Morgan fingerprint density at radius 1 is 1.21 bits per heavy atom. The van der Waals surface area contributed by atoms with Crippen LogP contribution in [-0.4, -0.2) is 35.2 Å². The van der Waals surface area contributed by atoms with Gasteiger partial charge in [-0.2, -0.15) is 5.10 Å². The van der Waals surface area contributed by atoms with Crippen LogP contribution in [0.25, 0.3) is 11.8 Å². The van der Waals surface area contributed by atoms with Crippen LogP contribution < -0.4 is 10.5 Å². The maximum atomic E-state index is 14.5. The first-order valence-corrected chi connectivity index (χ1v) is 13.9. The van der Waals surface area contributed by atoms with E-state index in [0.717, 1.165) is 11.8 Å². The van der Waals surface area contributed by atoms with Gasteiger partial charge in [0.25, 0.3) is 0 Å². The van der Waals surface area contributed by atoms with Crippen LogP contribution in [0.2, 0.25) is 5.02 Å². The molecule has 2 heterocycles. The Morgan fingerprint density at radius 2 is 1.97 bits per heavy atom. The molecule has 0 saturated heterocycles. The van der Waals surface area contributed by atoms with Crippen LogP contribution in [0.3, 0.4) is 0 Å². The molecule has 1 aliphatic carbocycles. The van der Waals surface area contributed by atoms with Gasteiger partial charge in [0.2, 0.25) is 5.88 Å². The van der Waals surface area contributed by atoms with Crippen molar-refractivity contribution in [1.82, 2.24) is 14.8 Å². The summed E-state index contributed by atoms with van der Waals surface area (Å²) in [5.41, 5.74) is 9.51. The number of hydrogen-bond donors (Lipinski definition) is 1. The number of ketones is 1. The van der Waals surface area contributed by atoms with Crippen molar-refractivity contribution in [3.05, 3.63) is 99.1 Å². The fourth-order valence-corrected chi connectivity index (χ4v) is 5.25. The molecular weight excluding hydrogens is 531 g/mol. The average Bonchev–Trinajstić information content (AvgIpc) is 3.43. The van der Waals surface area contributed by atoms with Crippen LogP contribution in [0.1, 0.15) is 32.6 Å². The summed E-state index contributed by atoms with van der Waals surface area (Å²) >= 11 is 6.16. The van der Waals surface area contributed by atoms with E-state index in [9.17, 15) is 17.6 Å². The van der Waals surface area contributed by atoms with Crippen molar-refractivity contribution in [3.8, 4) is 17.3 Å². The third-order valence-electron chi connectivity index (χ3n) is 6.12. The predicted molar refractivity (Wildman–Crippen MR) is 143 cm³/mol. The molecule has 0 unspecified atom stereocenters. The quantitative estimate of drug-likeness (QED) is 0.317. The summed E-state index contributed by atoms with van der Waals surface area (Å²) in [4.78, 5) is 17.6. The summed E-state index contributed by atoms with van der Waals surface area (Å²) < 4.78 is 44.9. The number of rotatable bonds is 7. The first-order valence-electron chi connectivity index (χ1n) is 11.5. The fourth-order valence-electron chi connectivity index (χ4n) is 4.29. The SMILES string of the molecule is Cc1cc(Oc2ccccc2Cl)ncc1-n1ncc(C(=O)C2=Cc3cc(F)c(CS(C)(=O)=O)cc3C2)c1N. The molecule has 38 heavy (non-hydrogen) atoms. The number of nitrogen functional groups attached to an aromatic ring is 1. The summed E-state index contributed by atoms with van der Waals surface area (Å²) in [5.74, 6) is -0.464. The number of carbonyl (C=O) groups excluding carboxylic acids is 1. The molecule has 0 fully saturated rings.